The van der Waals surface area contributed by atoms with E-state index in [0.717, 1.165) is 36.6 Å². The van der Waals surface area contributed by atoms with Crippen LogP contribution < -0.4 is 10.1 Å². The highest BCUT2D eigenvalue weighted by molar-refractivity contribution is 6.01. The van der Waals surface area contributed by atoms with Gasteiger partial charge in [0.05, 0.1) is 18.3 Å². The Labute approximate surface area is 126 Å². The van der Waals surface area contributed by atoms with E-state index >= 15 is 0 Å². The lowest BCUT2D eigenvalue weighted by Gasteiger charge is -2.31. The van der Waals surface area contributed by atoms with E-state index in [2.05, 4.69) is 10.2 Å². The highest BCUT2D eigenvalue weighted by Gasteiger charge is 2.25. The maximum Gasteiger partial charge on any atom is 0.179 e. The van der Waals surface area contributed by atoms with Crippen molar-refractivity contribution < 1.29 is 9.53 Å². The normalized spacial score (nSPS) is 23.6. The molecule has 114 valence electrons. The number of ether oxygens (including phenoxy) is 1. The molecule has 1 aromatic carbocycles. The second-order valence-electron chi connectivity index (χ2n) is 6.16. The van der Waals surface area contributed by atoms with Gasteiger partial charge >= 0.3 is 0 Å². The Bertz CT molecular complexity index is 524. The molecule has 2 unspecified atom stereocenters. The highest BCUT2D eigenvalue weighted by atomic mass is 16.5. The van der Waals surface area contributed by atoms with Crippen LogP contribution in [0.3, 0.4) is 0 Å². The Kier molecular flexibility index (Phi) is 4.15. The van der Waals surface area contributed by atoms with E-state index in [1.54, 1.807) is 0 Å². The molecular weight excluding hydrogens is 264 g/mol. The summed E-state index contributed by atoms with van der Waals surface area (Å²) in [5.41, 5.74) is 1.71. The number of carbonyl (C=O) groups excluding carboxylic acids is 1. The van der Waals surface area contributed by atoms with Gasteiger partial charge in [0.1, 0.15) is 11.9 Å². The van der Waals surface area contributed by atoms with Gasteiger partial charge in [0.15, 0.2) is 5.78 Å². The van der Waals surface area contributed by atoms with E-state index in [0.29, 0.717) is 0 Å². The van der Waals surface area contributed by atoms with Gasteiger partial charge in [-0.3, -0.25) is 9.69 Å². The highest BCUT2D eigenvalue weighted by Crippen LogP contribution is 2.30. The molecule has 2 aliphatic rings. The Morgan fingerprint density at radius 3 is 2.86 bits per heavy atom. The van der Waals surface area contributed by atoms with Crippen LogP contribution in [-0.4, -0.2) is 42.5 Å². The van der Waals surface area contributed by atoms with Crippen molar-refractivity contribution in [2.24, 2.45) is 0 Å². The predicted molar refractivity (Wildman–Crippen MR) is 84.2 cm³/mol. The van der Waals surface area contributed by atoms with E-state index in [9.17, 15) is 4.79 Å². The summed E-state index contributed by atoms with van der Waals surface area (Å²) in [4.78, 5) is 15.0. The number of nitrogens with one attached hydrogen (secondary N) is 1. The minimum Gasteiger partial charge on any atom is -0.487 e. The van der Waals surface area contributed by atoms with Gasteiger partial charge in [0, 0.05) is 5.56 Å². The molecule has 2 heterocycles. The minimum atomic E-state index is -0.0354. The third-order valence-corrected chi connectivity index (χ3v) is 4.49. The van der Waals surface area contributed by atoms with Crippen LogP contribution in [0.2, 0.25) is 0 Å². The zero-order valence-electron chi connectivity index (χ0n) is 12.9. The third-order valence-electron chi connectivity index (χ3n) is 4.49. The molecule has 2 atom stereocenters. The number of fused-ring (bicyclic) bond motifs is 1. The molecule has 1 fully saturated rings. The number of ketones is 1. The number of piperidine rings is 1. The van der Waals surface area contributed by atoms with Gasteiger partial charge in [0.25, 0.3) is 0 Å². The Balaban J connectivity index is 1.75. The second kappa shape index (κ2) is 6.06. The fourth-order valence-corrected chi connectivity index (χ4v) is 3.15. The van der Waals surface area contributed by atoms with E-state index < -0.39 is 0 Å². The maximum atomic E-state index is 12.7. The molecule has 1 aromatic rings. The molecule has 0 saturated carbocycles. The first-order valence-corrected chi connectivity index (χ1v) is 7.98. The van der Waals surface area contributed by atoms with Crippen molar-refractivity contribution in [3.8, 4) is 5.75 Å². The van der Waals surface area contributed by atoms with Crippen LogP contribution in [0, 0.1) is 0 Å². The minimum absolute atomic E-state index is 0.0354. The second-order valence-corrected chi connectivity index (χ2v) is 6.16. The molecule has 0 radical (unpaired) electrons. The molecule has 0 bridgehead atoms. The average Bonchev–Trinajstić information content (AvgIpc) is 2.53. The summed E-state index contributed by atoms with van der Waals surface area (Å²) in [5, 5.41) is 3.34. The van der Waals surface area contributed by atoms with E-state index in [1.165, 1.54) is 19.3 Å². The van der Waals surface area contributed by atoms with Crippen molar-refractivity contribution in [1.29, 1.82) is 0 Å². The molecule has 4 nitrogen and oxygen atoms in total. The summed E-state index contributed by atoms with van der Waals surface area (Å²) in [5.74, 6) is 1.05. The van der Waals surface area contributed by atoms with Crippen molar-refractivity contribution in [3.63, 3.8) is 0 Å². The van der Waals surface area contributed by atoms with Crippen LogP contribution in [-0.2, 0) is 0 Å². The van der Waals surface area contributed by atoms with Gasteiger partial charge in [-0.15, -0.1) is 0 Å². The fraction of sp³-hybridized carbons (Fsp3) is 0.588. The maximum absolute atomic E-state index is 12.7. The summed E-state index contributed by atoms with van der Waals surface area (Å²) in [6.45, 7) is 6.92. The number of anilines is 1. The van der Waals surface area contributed by atoms with Gasteiger partial charge in [0.2, 0.25) is 0 Å². The summed E-state index contributed by atoms with van der Waals surface area (Å²) >= 11 is 0. The lowest BCUT2D eigenvalue weighted by atomic mass is 10.0. The van der Waals surface area contributed by atoms with Crippen LogP contribution in [0.5, 0.6) is 5.75 Å². The summed E-state index contributed by atoms with van der Waals surface area (Å²) < 4.78 is 5.76. The monoisotopic (exact) mass is 288 g/mol. The zero-order valence-corrected chi connectivity index (χ0v) is 12.9. The smallest absolute Gasteiger partial charge is 0.179 e. The molecule has 0 spiro atoms. The van der Waals surface area contributed by atoms with Crippen LogP contribution in [0.1, 0.15) is 43.5 Å². The van der Waals surface area contributed by atoms with E-state index in [4.69, 9.17) is 4.74 Å². The van der Waals surface area contributed by atoms with Crippen molar-refractivity contribution in [2.45, 2.75) is 45.3 Å². The zero-order chi connectivity index (χ0) is 14.8. The molecule has 0 amide bonds. The molecule has 4 heteroatoms. The van der Waals surface area contributed by atoms with Gasteiger partial charge in [-0.05, 0) is 58.0 Å². The molecule has 0 aliphatic carbocycles. The van der Waals surface area contributed by atoms with Gasteiger partial charge in [-0.2, -0.15) is 0 Å². The van der Waals surface area contributed by atoms with Crippen molar-refractivity contribution in [3.05, 3.63) is 23.8 Å². The Hall–Kier alpha value is -1.55. The molecular formula is C17H24N2O2. The molecule has 2 aliphatic heterocycles. The van der Waals surface area contributed by atoms with Crippen molar-refractivity contribution in [1.82, 2.24) is 4.90 Å². The van der Waals surface area contributed by atoms with Crippen LogP contribution >= 0.6 is 0 Å². The first-order chi connectivity index (χ1) is 10.1. The van der Waals surface area contributed by atoms with Crippen molar-refractivity contribution in [2.75, 3.05) is 25.0 Å². The number of hydrogen-bond acceptors (Lipinski definition) is 4. The van der Waals surface area contributed by atoms with Gasteiger partial charge < -0.3 is 10.1 Å². The number of likely N-dealkylation sites (tertiary alicyclic amines) is 1. The van der Waals surface area contributed by atoms with Crippen molar-refractivity contribution >= 4 is 11.5 Å². The summed E-state index contributed by atoms with van der Waals surface area (Å²) in [6, 6.07) is 5.70. The largest absolute Gasteiger partial charge is 0.487 e. The molecule has 1 N–H and O–H groups in total. The Morgan fingerprint density at radius 2 is 2.10 bits per heavy atom. The fourth-order valence-electron chi connectivity index (χ4n) is 3.15. The van der Waals surface area contributed by atoms with Crippen LogP contribution in [0.4, 0.5) is 5.69 Å². The Morgan fingerprint density at radius 1 is 1.33 bits per heavy atom. The predicted octanol–water partition coefficient (Wildman–Crippen LogP) is 2.94. The van der Waals surface area contributed by atoms with Gasteiger partial charge in [-0.1, -0.05) is 6.42 Å². The third kappa shape index (κ3) is 3.05. The molecule has 0 aromatic heterocycles. The number of carbonyl (C=O) groups is 1. The number of rotatable bonds is 3. The van der Waals surface area contributed by atoms with Crippen LogP contribution in [0.15, 0.2) is 18.2 Å². The molecule has 1 saturated heterocycles. The topological polar surface area (TPSA) is 41.6 Å². The SMILES string of the molecule is CC1CNc2cc(C(=O)C(C)N3CCCCC3)ccc2O1. The summed E-state index contributed by atoms with van der Waals surface area (Å²) in [7, 11) is 0. The standard InChI is InChI=1S/C17H24N2O2/c1-12-11-18-15-10-14(6-7-16(15)21-12)17(20)13(2)19-8-4-3-5-9-19/h6-7,10,12-13,18H,3-5,8-9,11H2,1-2H3. The quantitative estimate of drug-likeness (QED) is 0.868. The average molecular weight is 288 g/mol. The molecule has 21 heavy (non-hydrogen) atoms. The number of nitrogens with zero attached hydrogens (tertiary/aromatic N) is 1. The van der Waals surface area contributed by atoms with Crippen LogP contribution in [0.25, 0.3) is 0 Å². The van der Waals surface area contributed by atoms with Gasteiger partial charge in [-0.25, -0.2) is 0 Å². The van der Waals surface area contributed by atoms with E-state index in [1.807, 2.05) is 32.0 Å². The number of hydrogen-bond donors (Lipinski definition) is 1. The lowest BCUT2D eigenvalue weighted by molar-refractivity contribution is 0.0809. The first-order valence-electron chi connectivity index (χ1n) is 7.98. The lowest BCUT2D eigenvalue weighted by Crippen LogP contribution is -2.42. The number of Topliss-reactive ketones (excluding diaryl/α,β-unsaturated/α-hetero) is 1. The number of benzene rings is 1. The molecule has 3 rings (SSSR count). The summed E-state index contributed by atoms with van der Waals surface area (Å²) in [6.07, 6.45) is 3.87. The first kappa shape index (κ1) is 14.4. The van der Waals surface area contributed by atoms with E-state index in [-0.39, 0.29) is 17.9 Å².